The van der Waals surface area contributed by atoms with E-state index in [4.69, 9.17) is 26.1 Å². The first kappa shape index (κ1) is 31.0. The molecule has 11 heteroatoms. The van der Waals surface area contributed by atoms with Gasteiger partial charge in [0.1, 0.15) is 30.1 Å². The van der Waals surface area contributed by atoms with Crippen molar-refractivity contribution in [2.75, 3.05) is 26.4 Å². The molecule has 0 radical (unpaired) electrons. The maximum absolute atomic E-state index is 13.0. The summed E-state index contributed by atoms with van der Waals surface area (Å²) >= 11 is 7.83. The van der Waals surface area contributed by atoms with E-state index < -0.39 is 12.0 Å². The molecule has 0 aliphatic carbocycles. The summed E-state index contributed by atoms with van der Waals surface area (Å²) in [5, 5.41) is 13.2. The van der Waals surface area contributed by atoms with Crippen molar-refractivity contribution in [3.63, 3.8) is 0 Å². The highest BCUT2D eigenvalue weighted by Crippen LogP contribution is 2.39. The van der Waals surface area contributed by atoms with Crippen molar-refractivity contribution in [1.82, 2.24) is 20.1 Å². The van der Waals surface area contributed by atoms with Gasteiger partial charge in [0.25, 0.3) is 0 Å². The number of aryl methyl sites for hydroxylation is 2. The number of halogens is 1. The molecule has 4 rings (SSSR count). The van der Waals surface area contributed by atoms with Crippen molar-refractivity contribution >= 4 is 40.5 Å². The lowest BCUT2D eigenvalue weighted by Crippen LogP contribution is -2.25. The largest absolute Gasteiger partial charge is 0.464 e. The Hall–Kier alpha value is -3.96. The molecule has 2 aromatic heterocycles. The van der Waals surface area contributed by atoms with Crippen molar-refractivity contribution in [3.8, 4) is 28.7 Å². The highest BCUT2D eigenvalue weighted by molar-refractivity contribution is 7.15. The SMILES string of the molecule is Cc1sc2c(c1C)C(c1ccc(Cl)cc1)=N[C@@H](CC(=O)NCC#CC#CCOCC(=O)OCC(C)C)c1nnc(C)n1-2. The second kappa shape index (κ2) is 14.3. The number of benzene rings is 1. The number of fused-ring (bicyclic) bond motifs is 3. The molecule has 42 heavy (non-hydrogen) atoms. The molecule has 218 valence electrons. The molecule has 0 spiro atoms. The molecule has 9 nitrogen and oxygen atoms in total. The molecule has 0 unspecified atom stereocenters. The van der Waals surface area contributed by atoms with Crippen molar-refractivity contribution < 1.29 is 19.1 Å². The van der Waals surface area contributed by atoms with Crippen LogP contribution >= 0.6 is 22.9 Å². The van der Waals surface area contributed by atoms with E-state index in [1.54, 1.807) is 11.3 Å². The molecule has 0 bridgehead atoms. The number of aromatic nitrogens is 3. The Bertz CT molecular complexity index is 1620. The van der Waals surface area contributed by atoms with Gasteiger partial charge in [0.15, 0.2) is 5.82 Å². The lowest BCUT2D eigenvalue weighted by atomic mass is 9.99. The smallest absolute Gasteiger partial charge is 0.332 e. The number of carbonyl (C=O) groups is 2. The van der Waals surface area contributed by atoms with Gasteiger partial charge < -0.3 is 14.8 Å². The monoisotopic (exact) mass is 605 g/mol. The van der Waals surface area contributed by atoms with E-state index >= 15 is 0 Å². The Balaban J connectivity index is 1.43. The van der Waals surface area contributed by atoms with Gasteiger partial charge in [-0.3, -0.25) is 14.4 Å². The quantitative estimate of drug-likeness (QED) is 0.218. The Labute approximate surface area is 254 Å². The molecule has 1 aliphatic rings. The maximum atomic E-state index is 13.0. The lowest BCUT2D eigenvalue weighted by Gasteiger charge is -2.12. The van der Waals surface area contributed by atoms with Crippen LogP contribution in [-0.4, -0.2) is 58.7 Å². The third-order valence-corrected chi connectivity index (χ3v) is 7.77. The number of carbonyl (C=O) groups excluding carboxylic acids is 2. The fraction of sp³-hybridized carbons (Fsp3) is 0.387. The van der Waals surface area contributed by atoms with Crippen LogP contribution in [0.3, 0.4) is 0 Å². The topological polar surface area (TPSA) is 108 Å². The number of rotatable bonds is 9. The average molecular weight is 606 g/mol. The second-order valence-electron chi connectivity index (χ2n) is 10.1. The van der Waals surface area contributed by atoms with Gasteiger partial charge in [0, 0.05) is 21.0 Å². The maximum Gasteiger partial charge on any atom is 0.332 e. The number of ether oxygens (including phenoxy) is 2. The molecule has 3 aromatic rings. The minimum atomic E-state index is -0.562. The van der Waals surface area contributed by atoms with E-state index in [1.807, 2.05) is 49.6 Å². The molecule has 3 heterocycles. The van der Waals surface area contributed by atoms with Gasteiger partial charge in [-0.1, -0.05) is 49.4 Å². The minimum absolute atomic E-state index is 0.0536. The highest BCUT2D eigenvalue weighted by atomic mass is 35.5. The summed E-state index contributed by atoms with van der Waals surface area (Å²) in [6.45, 7) is 10.4. The van der Waals surface area contributed by atoms with Crippen molar-refractivity contribution in [1.29, 1.82) is 0 Å². The molecular formula is C31H32ClN5O4S. The van der Waals surface area contributed by atoms with Crippen LogP contribution in [0.25, 0.3) is 5.00 Å². The van der Waals surface area contributed by atoms with Gasteiger partial charge in [0.2, 0.25) is 5.91 Å². The summed E-state index contributed by atoms with van der Waals surface area (Å²) < 4.78 is 12.2. The Morgan fingerprint density at radius 1 is 1.12 bits per heavy atom. The zero-order valence-electron chi connectivity index (χ0n) is 24.2. The van der Waals surface area contributed by atoms with Crippen LogP contribution in [0.2, 0.25) is 5.02 Å². The first-order valence-corrected chi connectivity index (χ1v) is 14.7. The number of thiophene rings is 1. The summed E-state index contributed by atoms with van der Waals surface area (Å²) in [5.41, 5.74) is 3.83. The molecule has 1 aromatic carbocycles. The molecule has 1 amide bonds. The molecule has 1 aliphatic heterocycles. The van der Waals surface area contributed by atoms with Crippen molar-refractivity contribution in [3.05, 3.63) is 62.5 Å². The van der Waals surface area contributed by atoms with Crippen LogP contribution in [0.4, 0.5) is 0 Å². The second-order valence-corrected chi connectivity index (χ2v) is 11.7. The van der Waals surface area contributed by atoms with Gasteiger partial charge in [-0.15, -0.1) is 21.5 Å². The fourth-order valence-electron chi connectivity index (χ4n) is 4.18. The predicted molar refractivity (Wildman–Crippen MR) is 163 cm³/mol. The molecular weight excluding hydrogens is 574 g/mol. The van der Waals surface area contributed by atoms with Crippen LogP contribution in [0.5, 0.6) is 0 Å². The number of hydrogen-bond acceptors (Lipinski definition) is 8. The third-order valence-electron chi connectivity index (χ3n) is 6.32. The molecule has 0 saturated carbocycles. The van der Waals surface area contributed by atoms with Gasteiger partial charge in [0.05, 0.1) is 25.3 Å². The van der Waals surface area contributed by atoms with Gasteiger partial charge in [-0.25, -0.2) is 4.79 Å². The Morgan fingerprint density at radius 3 is 2.60 bits per heavy atom. The first-order valence-electron chi connectivity index (χ1n) is 13.5. The predicted octanol–water partition coefficient (Wildman–Crippen LogP) is 4.53. The van der Waals surface area contributed by atoms with Crippen LogP contribution in [0.15, 0.2) is 29.3 Å². The zero-order valence-corrected chi connectivity index (χ0v) is 25.8. The number of esters is 1. The summed E-state index contributed by atoms with van der Waals surface area (Å²) in [6, 6.07) is 6.98. The summed E-state index contributed by atoms with van der Waals surface area (Å²) in [7, 11) is 0. The normalized spacial score (nSPS) is 13.5. The van der Waals surface area contributed by atoms with Gasteiger partial charge >= 0.3 is 5.97 Å². The summed E-state index contributed by atoms with van der Waals surface area (Å²) in [4.78, 5) is 30.7. The molecule has 1 atom stereocenters. The first-order chi connectivity index (χ1) is 20.2. The number of nitrogens with zero attached hydrogens (tertiary/aromatic N) is 4. The standard InChI is InChI=1S/C31H32ClN5O4S/c1-19(2)17-41-27(39)18-40-15-9-7-6-8-14-33-26(38)16-25-30-36-35-22(5)37(30)31-28(20(3)21(4)42-31)29(34-25)23-10-12-24(32)13-11-23/h10-13,19,25H,14-18H2,1-5H3,(H,33,38)/t25-/m0/s1. The highest BCUT2D eigenvalue weighted by Gasteiger charge is 2.32. The van der Waals surface area contributed by atoms with Gasteiger partial charge in [-0.05, 0) is 56.2 Å². The number of hydrogen-bond donors (Lipinski definition) is 1. The number of aliphatic imine (C=N–C) groups is 1. The minimum Gasteiger partial charge on any atom is -0.464 e. The van der Waals surface area contributed by atoms with Crippen LogP contribution < -0.4 is 5.32 Å². The van der Waals surface area contributed by atoms with E-state index in [0.29, 0.717) is 17.5 Å². The summed E-state index contributed by atoms with van der Waals surface area (Å²) in [5.74, 6) is 11.8. The number of nitrogens with one attached hydrogen (secondary N) is 1. The third kappa shape index (κ3) is 7.65. The van der Waals surface area contributed by atoms with Crippen molar-refractivity contribution in [2.45, 2.75) is 47.1 Å². The van der Waals surface area contributed by atoms with E-state index in [-0.39, 0.29) is 38.0 Å². The average Bonchev–Trinajstić information content (AvgIpc) is 3.43. The Morgan fingerprint density at radius 2 is 1.86 bits per heavy atom. The van der Waals surface area contributed by atoms with E-state index in [2.05, 4.69) is 53.0 Å². The fourth-order valence-corrected chi connectivity index (χ4v) is 5.52. The van der Waals surface area contributed by atoms with E-state index in [0.717, 1.165) is 33.2 Å². The van der Waals surface area contributed by atoms with Crippen LogP contribution in [0, 0.1) is 50.4 Å². The molecule has 0 fully saturated rings. The van der Waals surface area contributed by atoms with Crippen LogP contribution in [0.1, 0.15) is 59.5 Å². The Kier molecular flexibility index (Phi) is 10.5. The van der Waals surface area contributed by atoms with Crippen LogP contribution in [-0.2, 0) is 19.1 Å². The molecule has 1 N–H and O–H groups in total. The van der Waals surface area contributed by atoms with Crippen molar-refractivity contribution in [2.24, 2.45) is 10.9 Å². The van der Waals surface area contributed by atoms with Gasteiger partial charge in [-0.2, -0.15) is 0 Å². The summed E-state index contributed by atoms with van der Waals surface area (Å²) in [6.07, 6.45) is 0.0658. The lowest BCUT2D eigenvalue weighted by molar-refractivity contribution is -0.149. The molecule has 0 saturated heterocycles. The van der Waals surface area contributed by atoms with E-state index in [9.17, 15) is 9.59 Å². The zero-order chi connectivity index (χ0) is 30.2. The van der Waals surface area contributed by atoms with E-state index in [1.165, 1.54) is 4.88 Å². The number of amides is 1.